The first-order chi connectivity index (χ1) is 19.8. The van der Waals surface area contributed by atoms with Crippen molar-refractivity contribution in [2.24, 2.45) is 18.4 Å². The maximum absolute atomic E-state index is 14.0. The number of hydrogen-bond donors (Lipinski definition) is 2. The van der Waals surface area contributed by atoms with Gasteiger partial charge in [-0.15, -0.1) is 0 Å². The topological polar surface area (TPSA) is 97.7 Å². The van der Waals surface area contributed by atoms with Gasteiger partial charge in [0.25, 0.3) is 0 Å². The largest absolute Gasteiger partial charge is 0.497 e. The summed E-state index contributed by atoms with van der Waals surface area (Å²) in [7, 11) is 3.58. The number of ether oxygens (including phenoxy) is 2. The second-order valence-electron chi connectivity index (χ2n) is 11.3. The molecule has 1 aromatic carbocycles. The summed E-state index contributed by atoms with van der Waals surface area (Å²) in [4.78, 5) is 33.5. The van der Waals surface area contributed by atoms with E-state index in [4.69, 9.17) is 21.7 Å². The van der Waals surface area contributed by atoms with E-state index in [1.165, 1.54) is 6.42 Å². The van der Waals surface area contributed by atoms with Crippen molar-refractivity contribution in [2.75, 3.05) is 33.4 Å². The zero-order valence-electron chi connectivity index (χ0n) is 24.7. The lowest BCUT2D eigenvalue weighted by atomic mass is 9.63. The van der Waals surface area contributed by atoms with Crippen LogP contribution in [-0.2, 0) is 34.2 Å². The van der Waals surface area contributed by atoms with Gasteiger partial charge in [0, 0.05) is 45.7 Å². The van der Waals surface area contributed by atoms with E-state index in [0.717, 1.165) is 49.1 Å². The standard InChI is InChI=1S/C31H45N5O4S/c1-4-40-29(38)31(24-8-6-5-7-9-24)15-18-36(19-16-31)28(37)27(20-23-10-12-26(39-3)13-11-23)34-30(41)32-17-14-25-21-35(2)22-33-25/h10-13,21-22,24,27H,4-9,14-20H2,1-3H3,(H2,32,34,41). The Morgan fingerprint density at radius 2 is 1.85 bits per heavy atom. The number of carbonyl (C=O) groups is 2. The van der Waals surface area contributed by atoms with E-state index >= 15 is 0 Å². The summed E-state index contributed by atoms with van der Waals surface area (Å²) in [5.41, 5.74) is 1.49. The van der Waals surface area contributed by atoms with Crippen LogP contribution in [0.5, 0.6) is 5.75 Å². The Labute approximate surface area is 249 Å². The van der Waals surface area contributed by atoms with Crippen molar-refractivity contribution in [3.8, 4) is 5.75 Å². The van der Waals surface area contributed by atoms with Crippen LogP contribution in [0.1, 0.15) is 63.1 Å². The van der Waals surface area contributed by atoms with Gasteiger partial charge in [-0.25, -0.2) is 4.98 Å². The van der Waals surface area contributed by atoms with Crippen LogP contribution in [0, 0.1) is 11.3 Å². The van der Waals surface area contributed by atoms with Gasteiger partial charge in [0.15, 0.2) is 5.11 Å². The van der Waals surface area contributed by atoms with Gasteiger partial charge < -0.3 is 29.6 Å². The third kappa shape index (κ3) is 7.99. The normalized spacial score (nSPS) is 17.9. The predicted octanol–water partition coefficient (Wildman–Crippen LogP) is 3.80. The van der Waals surface area contributed by atoms with E-state index in [0.29, 0.717) is 56.5 Å². The predicted molar refractivity (Wildman–Crippen MR) is 163 cm³/mol. The number of rotatable bonds is 11. The van der Waals surface area contributed by atoms with Gasteiger partial charge in [-0.2, -0.15) is 0 Å². The molecule has 2 aromatic rings. The lowest BCUT2D eigenvalue weighted by Gasteiger charge is -2.46. The molecular formula is C31H45N5O4S. The zero-order chi connectivity index (χ0) is 29.2. The molecule has 1 saturated heterocycles. The molecule has 0 bridgehead atoms. The minimum Gasteiger partial charge on any atom is -0.497 e. The van der Waals surface area contributed by atoms with Crippen molar-refractivity contribution in [3.05, 3.63) is 48.0 Å². The van der Waals surface area contributed by atoms with Crippen molar-refractivity contribution in [1.29, 1.82) is 0 Å². The van der Waals surface area contributed by atoms with Gasteiger partial charge in [0.2, 0.25) is 5.91 Å². The molecule has 1 atom stereocenters. The number of nitrogens with one attached hydrogen (secondary N) is 2. The summed E-state index contributed by atoms with van der Waals surface area (Å²) < 4.78 is 12.8. The molecule has 1 aliphatic heterocycles. The van der Waals surface area contributed by atoms with Crippen molar-refractivity contribution in [2.45, 2.75) is 70.8 Å². The number of aromatic nitrogens is 2. The number of likely N-dealkylation sites (tertiary alicyclic amines) is 1. The Bertz CT molecular complexity index is 1150. The van der Waals surface area contributed by atoms with Gasteiger partial charge in [0.1, 0.15) is 11.8 Å². The first kappa shape index (κ1) is 30.8. The van der Waals surface area contributed by atoms with Crippen LogP contribution < -0.4 is 15.4 Å². The fourth-order valence-electron chi connectivity index (χ4n) is 6.36. The molecule has 4 rings (SSSR count). The van der Waals surface area contributed by atoms with Crippen molar-refractivity contribution >= 4 is 29.2 Å². The van der Waals surface area contributed by atoms with E-state index in [1.54, 1.807) is 13.4 Å². The first-order valence-electron chi connectivity index (χ1n) is 14.9. The van der Waals surface area contributed by atoms with Gasteiger partial charge in [-0.3, -0.25) is 9.59 Å². The molecule has 2 heterocycles. The fraction of sp³-hybridized carbons (Fsp3) is 0.613. The third-order valence-corrected chi connectivity index (χ3v) is 8.93. The average Bonchev–Trinajstić information content (AvgIpc) is 3.42. The Hall–Kier alpha value is -3.14. The summed E-state index contributed by atoms with van der Waals surface area (Å²) in [5.74, 6) is 1.02. The molecule has 224 valence electrons. The Morgan fingerprint density at radius 3 is 2.46 bits per heavy atom. The molecule has 2 aliphatic rings. The first-order valence-corrected chi connectivity index (χ1v) is 15.4. The Balaban J connectivity index is 1.43. The summed E-state index contributed by atoms with van der Waals surface area (Å²) >= 11 is 5.61. The molecule has 1 aromatic heterocycles. The number of amides is 1. The summed E-state index contributed by atoms with van der Waals surface area (Å²) in [6.07, 6.45) is 11.9. The number of hydrogen-bond acceptors (Lipinski definition) is 6. The van der Waals surface area contributed by atoms with E-state index in [1.807, 2.05) is 53.9 Å². The van der Waals surface area contributed by atoms with Crippen LogP contribution in [0.3, 0.4) is 0 Å². The molecule has 1 amide bonds. The SMILES string of the molecule is CCOC(=O)C1(C2CCCCC2)CCN(C(=O)C(Cc2ccc(OC)cc2)NC(=S)NCCc2cn(C)cn2)CC1. The molecule has 2 N–H and O–H groups in total. The van der Waals surface area contributed by atoms with Crippen molar-refractivity contribution in [1.82, 2.24) is 25.1 Å². The van der Waals surface area contributed by atoms with Gasteiger partial charge in [0.05, 0.1) is 31.2 Å². The second-order valence-corrected chi connectivity index (χ2v) is 11.7. The molecule has 10 heteroatoms. The van der Waals surface area contributed by atoms with E-state index in [9.17, 15) is 9.59 Å². The smallest absolute Gasteiger partial charge is 0.312 e. The van der Waals surface area contributed by atoms with Crippen molar-refractivity contribution in [3.63, 3.8) is 0 Å². The number of imidazole rings is 1. The van der Waals surface area contributed by atoms with Crippen LogP contribution in [0.15, 0.2) is 36.8 Å². The highest BCUT2D eigenvalue weighted by Gasteiger charge is 2.49. The average molecular weight is 584 g/mol. The summed E-state index contributed by atoms with van der Waals surface area (Å²) in [6, 6.07) is 7.22. The monoisotopic (exact) mass is 583 g/mol. The van der Waals surface area contributed by atoms with Crippen LogP contribution >= 0.6 is 12.2 Å². The van der Waals surface area contributed by atoms with Gasteiger partial charge in [-0.1, -0.05) is 31.4 Å². The molecule has 9 nitrogen and oxygen atoms in total. The van der Waals surface area contributed by atoms with E-state index in [-0.39, 0.29) is 11.9 Å². The van der Waals surface area contributed by atoms with Crippen LogP contribution in [0.25, 0.3) is 0 Å². The molecule has 0 radical (unpaired) electrons. The lowest BCUT2D eigenvalue weighted by molar-refractivity contribution is -0.166. The number of benzene rings is 1. The Morgan fingerprint density at radius 1 is 1.15 bits per heavy atom. The fourth-order valence-corrected chi connectivity index (χ4v) is 6.61. The molecule has 1 saturated carbocycles. The quantitative estimate of drug-likeness (QED) is 0.305. The minimum atomic E-state index is -0.539. The number of carbonyl (C=O) groups excluding carboxylic acids is 2. The molecule has 1 aliphatic carbocycles. The van der Waals surface area contributed by atoms with Gasteiger partial charge in [-0.05, 0) is 68.4 Å². The number of aryl methyl sites for hydroxylation is 1. The zero-order valence-corrected chi connectivity index (χ0v) is 25.5. The molecular weight excluding hydrogens is 538 g/mol. The number of piperidine rings is 1. The number of esters is 1. The van der Waals surface area contributed by atoms with Crippen molar-refractivity contribution < 1.29 is 19.1 Å². The highest BCUT2D eigenvalue weighted by Crippen LogP contribution is 2.47. The van der Waals surface area contributed by atoms with E-state index in [2.05, 4.69) is 15.6 Å². The van der Waals surface area contributed by atoms with Crippen LogP contribution in [0.2, 0.25) is 0 Å². The summed E-state index contributed by atoms with van der Waals surface area (Å²) in [6.45, 7) is 3.94. The number of methoxy groups -OCH3 is 1. The summed E-state index contributed by atoms with van der Waals surface area (Å²) in [5, 5.41) is 6.97. The maximum Gasteiger partial charge on any atom is 0.312 e. The molecule has 2 fully saturated rings. The second kappa shape index (κ2) is 14.7. The molecule has 1 unspecified atom stereocenters. The maximum atomic E-state index is 14.0. The van der Waals surface area contributed by atoms with Crippen LogP contribution in [-0.4, -0.2) is 70.8 Å². The number of thiocarbonyl (C=S) groups is 1. The third-order valence-electron chi connectivity index (χ3n) is 8.66. The van der Waals surface area contributed by atoms with E-state index < -0.39 is 11.5 Å². The van der Waals surface area contributed by atoms with Crippen LogP contribution in [0.4, 0.5) is 0 Å². The highest BCUT2D eigenvalue weighted by atomic mass is 32.1. The Kier molecular flexibility index (Phi) is 11.0. The number of nitrogens with zero attached hydrogens (tertiary/aromatic N) is 3. The lowest BCUT2D eigenvalue weighted by Crippen LogP contribution is -2.56. The van der Waals surface area contributed by atoms with Gasteiger partial charge >= 0.3 is 5.97 Å². The molecule has 0 spiro atoms. The highest BCUT2D eigenvalue weighted by molar-refractivity contribution is 7.80. The molecule has 41 heavy (non-hydrogen) atoms. The minimum absolute atomic E-state index is 0.00389.